The lowest BCUT2D eigenvalue weighted by Crippen LogP contribution is -2.46. The minimum atomic E-state index is -0.651. The third-order valence-corrected chi connectivity index (χ3v) is 3.45. The van der Waals surface area contributed by atoms with E-state index in [0.29, 0.717) is 0 Å². The molecule has 3 heteroatoms. The number of amides is 1. The number of fused-ring (bicyclic) bond motifs is 1. The van der Waals surface area contributed by atoms with Crippen molar-refractivity contribution in [1.29, 1.82) is 0 Å². The molecular weight excluding hydrogens is 226 g/mol. The highest BCUT2D eigenvalue weighted by Gasteiger charge is 2.44. The van der Waals surface area contributed by atoms with Crippen molar-refractivity contribution in [3.63, 3.8) is 0 Å². The van der Waals surface area contributed by atoms with Crippen molar-refractivity contribution >= 4 is 23.5 Å². The Balaban J connectivity index is 2.61. The summed E-state index contributed by atoms with van der Waals surface area (Å²) in [4.78, 5) is 24.9. The van der Waals surface area contributed by atoms with Crippen molar-refractivity contribution in [2.24, 2.45) is 5.41 Å². The molecule has 1 atom stereocenters. The quantitative estimate of drug-likeness (QED) is 0.749. The number of rotatable bonds is 2. The van der Waals surface area contributed by atoms with Gasteiger partial charge in [0.25, 0.3) is 0 Å². The molecule has 94 valence electrons. The topological polar surface area (TPSA) is 37.4 Å². The molecule has 0 spiro atoms. The zero-order valence-corrected chi connectivity index (χ0v) is 10.9. The first-order valence-corrected chi connectivity index (χ1v) is 5.94. The molecule has 1 aromatic rings. The number of hydrogen-bond acceptors (Lipinski definition) is 2. The number of hydrogen-bond donors (Lipinski definition) is 0. The zero-order chi connectivity index (χ0) is 13.5. The van der Waals surface area contributed by atoms with Gasteiger partial charge in [0.05, 0.1) is 11.7 Å². The fraction of sp³-hybridized carbons (Fsp3) is 0.333. The molecule has 1 unspecified atom stereocenters. The molecule has 1 amide bonds. The molecule has 0 saturated heterocycles. The van der Waals surface area contributed by atoms with E-state index < -0.39 is 5.41 Å². The summed E-state index contributed by atoms with van der Waals surface area (Å²) < 4.78 is 0. The van der Waals surface area contributed by atoms with Crippen molar-refractivity contribution in [2.75, 3.05) is 4.90 Å². The van der Waals surface area contributed by atoms with Gasteiger partial charge in [-0.05, 0) is 11.6 Å². The standard InChI is InChI=1S/C15H17NO2/c1-10-12-7-5-6-8-13(12)16(11(2)18)14(10)15(3,4)9-17/h5-9,14H,1H2,2-4H3. The average Bonchev–Trinajstić information content (AvgIpc) is 2.64. The number of carbonyl (C=O) groups is 2. The number of para-hydroxylation sites is 1. The third kappa shape index (κ3) is 1.67. The molecule has 0 N–H and O–H groups in total. The number of nitrogens with zero attached hydrogens (tertiary/aromatic N) is 1. The molecule has 0 aliphatic carbocycles. The smallest absolute Gasteiger partial charge is 0.224 e. The van der Waals surface area contributed by atoms with Crippen LogP contribution in [0.1, 0.15) is 26.3 Å². The summed E-state index contributed by atoms with van der Waals surface area (Å²) in [5, 5.41) is 0. The largest absolute Gasteiger partial charge is 0.304 e. The number of carbonyl (C=O) groups excluding carboxylic acids is 2. The van der Waals surface area contributed by atoms with Crippen LogP contribution in [0, 0.1) is 5.41 Å². The van der Waals surface area contributed by atoms with E-state index in [4.69, 9.17) is 0 Å². The van der Waals surface area contributed by atoms with Crippen LogP contribution in [0.5, 0.6) is 0 Å². The molecule has 2 rings (SSSR count). The molecule has 1 aromatic carbocycles. The van der Waals surface area contributed by atoms with E-state index in [1.165, 1.54) is 6.92 Å². The Morgan fingerprint density at radius 1 is 1.39 bits per heavy atom. The molecule has 18 heavy (non-hydrogen) atoms. The normalized spacial score (nSPS) is 18.7. The van der Waals surface area contributed by atoms with Crippen molar-refractivity contribution in [3.05, 3.63) is 36.4 Å². The molecule has 1 aliphatic heterocycles. The zero-order valence-electron chi connectivity index (χ0n) is 10.9. The van der Waals surface area contributed by atoms with E-state index in [1.807, 2.05) is 38.1 Å². The van der Waals surface area contributed by atoms with E-state index in [-0.39, 0.29) is 11.9 Å². The first kappa shape index (κ1) is 12.6. The Hall–Kier alpha value is -1.90. The van der Waals surface area contributed by atoms with Crippen LogP contribution in [0.2, 0.25) is 0 Å². The van der Waals surface area contributed by atoms with Crippen LogP contribution in [0.3, 0.4) is 0 Å². The van der Waals surface area contributed by atoms with Crippen molar-refractivity contribution < 1.29 is 9.59 Å². The molecule has 0 fully saturated rings. The SMILES string of the molecule is C=C1c2ccccc2N(C(C)=O)C1C(C)(C)C=O. The monoisotopic (exact) mass is 243 g/mol. The Bertz CT molecular complexity index is 531. The Morgan fingerprint density at radius 3 is 2.56 bits per heavy atom. The number of benzene rings is 1. The van der Waals surface area contributed by atoms with Gasteiger partial charge in [0.15, 0.2) is 0 Å². The lowest BCUT2D eigenvalue weighted by Gasteiger charge is -2.34. The van der Waals surface area contributed by atoms with Gasteiger partial charge in [-0.3, -0.25) is 4.79 Å². The van der Waals surface area contributed by atoms with Gasteiger partial charge in [0.1, 0.15) is 6.29 Å². The maximum absolute atomic E-state index is 11.9. The van der Waals surface area contributed by atoms with Crippen molar-refractivity contribution in [3.8, 4) is 0 Å². The van der Waals surface area contributed by atoms with Gasteiger partial charge in [-0.2, -0.15) is 0 Å². The lowest BCUT2D eigenvalue weighted by atomic mass is 9.81. The Labute approximate surface area is 107 Å². The van der Waals surface area contributed by atoms with E-state index >= 15 is 0 Å². The second-order valence-electron chi connectivity index (χ2n) is 5.27. The van der Waals surface area contributed by atoms with Gasteiger partial charge >= 0.3 is 0 Å². The predicted octanol–water partition coefficient (Wildman–Crippen LogP) is 2.66. The number of anilines is 1. The van der Waals surface area contributed by atoms with E-state index in [1.54, 1.807) is 4.90 Å². The highest BCUT2D eigenvalue weighted by molar-refractivity contribution is 6.04. The third-order valence-electron chi connectivity index (χ3n) is 3.45. The highest BCUT2D eigenvalue weighted by Crippen LogP contribution is 2.45. The summed E-state index contributed by atoms with van der Waals surface area (Å²) in [5.41, 5.74) is 1.97. The molecule has 0 radical (unpaired) electrons. The molecule has 0 bridgehead atoms. The van der Waals surface area contributed by atoms with Crippen LogP contribution < -0.4 is 4.90 Å². The molecule has 1 aliphatic rings. The molecule has 0 aromatic heterocycles. The van der Waals surface area contributed by atoms with Crippen LogP contribution in [-0.4, -0.2) is 18.2 Å². The number of aldehydes is 1. The lowest BCUT2D eigenvalue weighted by molar-refractivity contribution is -0.118. The van der Waals surface area contributed by atoms with E-state index in [2.05, 4.69) is 6.58 Å². The summed E-state index contributed by atoms with van der Waals surface area (Å²) in [7, 11) is 0. The molecule has 3 nitrogen and oxygen atoms in total. The van der Waals surface area contributed by atoms with Gasteiger partial charge in [0.2, 0.25) is 5.91 Å². The maximum Gasteiger partial charge on any atom is 0.224 e. The summed E-state index contributed by atoms with van der Waals surface area (Å²) in [6.07, 6.45) is 0.894. The first-order chi connectivity index (χ1) is 8.40. The highest BCUT2D eigenvalue weighted by atomic mass is 16.2. The minimum Gasteiger partial charge on any atom is -0.304 e. The fourth-order valence-electron chi connectivity index (χ4n) is 2.60. The second-order valence-corrected chi connectivity index (χ2v) is 5.27. The van der Waals surface area contributed by atoms with E-state index in [9.17, 15) is 9.59 Å². The second kappa shape index (κ2) is 4.09. The Morgan fingerprint density at radius 2 is 2.00 bits per heavy atom. The molecule has 0 saturated carbocycles. The van der Waals surface area contributed by atoms with Crippen LogP contribution in [0.25, 0.3) is 5.57 Å². The van der Waals surface area contributed by atoms with Crippen LogP contribution in [0.15, 0.2) is 30.8 Å². The predicted molar refractivity (Wildman–Crippen MR) is 72.3 cm³/mol. The first-order valence-electron chi connectivity index (χ1n) is 5.94. The Kier molecular flexibility index (Phi) is 2.85. The molecule has 1 heterocycles. The fourth-order valence-corrected chi connectivity index (χ4v) is 2.60. The van der Waals surface area contributed by atoms with Crippen LogP contribution in [-0.2, 0) is 9.59 Å². The van der Waals surface area contributed by atoms with Crippen LogP contribution in [0.4, 0.5) is 5.69 Å². The van der Waals surface area contributed by atoms with E-state index in [0.717, 1.165) is 23.1 Å². The van der Waals surface area contributed by atoms with Gasteiger partial charge in [0, 0.05) is 17.9 Å². The van der Waals surface area contributed by atoms with Gasteiger partial charge < -0.3 is 9.69 Å². The van der Waals surface area contributed by atoms with Crippen molar-refractivity contribution in [2.45, 2.75) is 26.8 Å². The minimum absolute atomic E-state index is 0.0685. The average molecular weight is 243 g/mol. The summed E-state index contributed by atoms with van der Waals surface area (Å²) in [6.45, 7) is 9.25. The van der Waals surface area contributed by atoms with Crippen LogP contribution >= 0.6 is 0 Å². The molecular formula is C15H17NO2. The summed E-state index contributed by atoms with van der Waals surface area (Å²) >= 11 is 0. The maximum atomic E-state index is 11.9. The summed E-state index contributed by atoms with van der Waals surface area (Å²) in [5.74, 6) is -0.0685. The van der Waals surface area contributed by atoms with Gasteiger partial charge in [-0.15, -0.1) is 0 Å². The van der Waals surface area contributed by atoms with Crippen molar-refractivity contribution in [1.82, 2.24) is 0 Å². The van der Waals surface area contributed by atoms with Gasteiger partial charge in [-0.25, -0.2) is 0 Å². The van der Waals surface area contributed by atoms with Gasteiger partial charge in [-0.1, -0.05) is 38.6 Å². The summed E-state index contributed by atoms with van der Waals surface area (Å²) in [6, 6.07) is 7.33.